The molecule has 4 rings (SSSR count). The zero-order valence-electron chi connectivity index (χ0n) is 21.5. The van der Waals surface area contributed by atoms with E-state index >= 15 is 0 Å². The van der Waals surface area contributed by atoms with Crippen LogP contribution in [-0.4, -0.2) is 36.2 Å². The van der Waals surface area contributed by atoms with Crippen LogP contribution in [0.4, 0.5) is 11.4 Å². The van der Waals surface area contributed by atoms with Gasteiger partial charge in [0.15, 0.2) is 0 Å². The maximum atomic E-state index is 13.1. The monoisotopic (exact) mass is 482 g/mol. The molecular formula is C29H34N6O. The van der Waals surface area contributed by atoms with Crippen molar-refractivity contribution in [1.29, 1.82) is 0 Å². The Labute approximate surface area is 213 Å². The van der Waals surface area contributed by atoms with E-state index in [1.165, 1.54) is 0 Å². The van der Waals surface area contributed by atoms with Gasteiger partial charge in [-0.1, -0.05) is 64.1 Å². The predicted molar refractivity (Wildman–Crippen MR) is 147 cm³/mol. The SMILES string of the molecule is CC(C)CN(CC(C)C)c1ccc(-c2ccccc2C2=NN=NC2)cc1NC(=O)Cc1ccccn1. The molecule has 0 spiro atoms. The lowest BCUT2D eigenvalue weighted by Gasteiger charge is -2.31. The first-order valence-corrected chi connectivity index (χ1v) is 12.5. The van der Waals surface area contributed by atoms with E-state index in [1.807, 2.05) is 36.4 Å². The molecule has 0 radical (unpaired) electrons. The Kier molecular flexibility index (Phi) is 8.21. The molecule has 0 saturated heterocycles. The lowest BCUT2D eigenvalue weighted by molar-refractivity contribution is -0.115. The summed E-state index contributed by atoms with van der Waals surface area (Å²) < 4.78 is 0. The maximum Gasteiger partial charge on any atom is 0.230 e. The average Bonchev–Trinajstić information content (AvgIpc) is 3.38. The third-order valence-electron chi connectivity index (χ3n) is 5.85. The van der Waals surface area contributed by atoms with Crippen molar-refractivity contribution in [3.8, 4) is 11.1 Å². The highest BCUT2D eigenvalue weighted by atomic mass is 16.1. The summed E-state index contributed by atoms with van der Waals surface area (Å²) in [4.78, 5) is 19.8. The summed E-state index contributed by atoms with van der Waals surface area (Å²) in [6.45, 7) is 11.1. The smallest absolute Gasteiger partial charge is 0.230 e. The summed E-state index contributed by atoms with van der Waals surface area (Å²) in [5.41, 5.74) is 6.45. The fourth-order valence-corrected chi connectivity index (χ4v) is 4.44. The zero-order valence-corrected chi connectivity index (χ0v) is 21.5. The standard InChI is InChI=1S/C29H34N6O/c1-20(2)18-35(19-21(3)4)28-13-12-22(24-10-5-6-11-25(24)27-17-31-34-33-27)15-26(28)32-29(36)16-23-9-7-8-14-30-23/h5-15,20-21H,16-19H2,1-4H3,(H,32,36). The van der Waals surface area contributed by atoms with E-state index in [9.17, 15) is 4.79 Å². The van der Waals surface area contributed by atoms with Crippen molar-refractivity contribution in [1.82, 2.24) is 4.98 Å². The average molecular weight is 483 g/mol. The molecule has 3 aromatic rings. The van der Waals surface area contributed by atoms with E-state index in [-0.39, 0.29) is 12.3 Å². The minimum Gasteiger partial charge on any atom is -0.369 e. The van der Waals surface area contributed by atoms with Crippen molar-refractivity contribution in [3.63, 3.8) is 0 Å². The Morgan fingerprint density at radius 3 is 2.31 bits per heavy atom. The molecule has 0 bridgehead atoms. The van der Waals surface area contributed by atoms with Crippen molar-refractivity contribution in [3.05, 3.63) is 78.1 Å². The van der Waals surface area contributed by atoms with Gasteiger partial charge in [-0.2, -0.15) is 5.11 Å². The topological polar surface area (TPSA) is 82.3 Å². The van der Waals surface area contributed by atoms with Crippen LogP contribution in [0.3, 0.4) is 0 Å². The summed E-state index contributed by atoms with van der Waals surface area (Å²) in [6, 6.07) is 20.1. The van der Waals surface area contributed by atoms with Crippen LogP contribution < -0.4 is 10.2 Å². The Morgan fingerprint density at radius 2 is 1.67 bits per heavy atom. The number of nitrogens with zero attached hydrogens (tertiary/aromatic N) is 5. The minimum absolute atomic E-state index is 0.0906. The van der Waals surface area contributed by atoms with Crippen LogP contribution in [0.5, 0.6) is 0 Å². The molecule has 186 valence electrons. The summed E-state index contributed by atoms with van der Waals surface area (Å²) in [6.07, 6.45) is 1.93. The first kappa shape index (κ1) is 25.2. The van der Waals surface area contributed by atoms with Crippen LogP contribution in [0, 0.1) is 11.8 Å². The lowest BCUT2D eigenvalue weighted by Crippen LogP contribution is -2.32. The Bertz CT molecular complexity index is 1240. The second-order valence-electron chi connectivity index (χ2n) is 9.95. The van der Waals surface area contributed by atoms with Crippen molar-refractivity contribution in [2.24, 2.45) is 27.3 Å². The van der Waals surface area contributed by atoms with Crippen LogP contribution in [0.25, 0.3) is 11.1 Å². The lowest BCUT2D eigenvalue weighted by atomic mass is 9.95. The molecule has 1 aliphatic heterocycles. The van der Waals surface area contributed by atoms with Crippen LogP contribution in [0.2, 0.25) is 0 Å². The second kappa shape index (κ2) is 11.7. The van der Waals surface area contributed by atoms with Gasteiger partial charge in [-0.25, -0.2) is 0 Å². The van der Waals surface area contributed by atoms with Gasteiger partial charge in [0.05, 0.1) is 23.5 Å². The number of carbonyl (C=O) groups is 1. The number of nitrogens with one attached hydrogen (secondary N) is 1. The van der Waals surface area contributed by atoms with E-state index < -0.39 is 0 Å². The fraction of sp³-hybridized carbons (Fsp3) is 0.345. The Morgan fingerprint density at radius 1 is 0.944 bits per heavy atom. The van der Waals surface area contributed by atoms with Gasteiger partial charge in [-0.15, -0.1) is 5.10 Å². The van der Waals surface area contributed by atoms with Gasteiger partial charge < -0.3 is 10.2 Å². The fourth-order valence-electron chi connectivity index (χ4n) is 4.44. The molecule has 1 N–H and O–H groups in total. The summed E-state index contributed by atoms with van der Waals surface area (Å²) >= 11 is 0. The molecule has 0 fully saturated rings. The molecule has 1 aromatic heterocycles. The van der Waals surface area contributed by atoms with Crippen molar-refractivity contribution < 1.29 is 4.79 Å². The highest BCUT2D eigenvalue weighted by molar-refractivity contribution is 6.08. The molecule has 0 saturated carbocycles. The molecular weight excluding hydrogens is 448 g/mol. The van der Waals surface area contributed by atoms with Gasteiger partial charge in [-0.3, -0.25) is 9.78 Å². The van der Waals surface area contributed by atoms with E-state index in [2.05, 4.69) is 82.6 Å². The zero-order chi connectivity index (χ0) is 25.5. The number of anilines is 2. The van der Waals surface area contributed by atoms with E-state index in [4.69, 9.17) is 0 Å². The number of hydrogen-bond donors (Lipinski definition) is 1. The van der Waals surface area contributed by atoms with E-state index in [0.717, 1.165) is 52.6 Å². The van der Waals surface area contributed by atoms with Gasteiger partial charge >= 0.3 is 0 Å². The highest BCUT2D eigenvalue weighted by Gasteiger charge is 2.19. The predicted octanol–water partition coefficient (Wildman–Crippen LogP) is 6.22. The summed E-state index contributed by atoms with van der Waals surface area (Å²) in [5.74, 6) is 0.871. The molecule has 0 unspecified atom stereocenters. The molecule has 0 atom stereocenters. The molecule has 7 nitrogen and oxygen atoms in total. The quantitative estimate of drug-likeness (QED) is 0.372. The molecule has 2 aromatic carbocycles. The molecule has 2 heterocycles. The number of carbonyl (C=O) groups excluding carboxylic acids is 1. The van der Waals surface area contributed by atoms with E-state index in [0.29, 0.717) is 18.4 Å². The maximum absolute atomic E-state index is 13.1. The molecule has 1 aliphatic rings. The summed E-state index contributed by atoms with van der Waals surface area (Å²) in [5, 5.41) is 15.2. The first-order chi connectivity index (χ1) is 17.4. The largest absolute Gasteiger partial charge is 0.369 e. The second-order valence-corrected chi connectivity index (χ2v) is 9.95. The van der Waals surface area contributed by atoms with Gasteiger partial charge in [0.1, 0.15) is 6.54 Å². The Hall–Kier alpha value is -3.87. The van der Waals surface area contributed by atoms with Crippen molar-refractivity contribution >= 4 is 23.0 Å². The van der Waals surface area contributed by atoms with Crippen molar-refractivity contribution in [2.45, 2.75) is 34.1 Å². The molecule has 1 amide bonds. The van der Waals surface area contributed by atoms with Gasteiger partial charge in [0.25, 0.3) is 0 Å². The molecule has 0 aliphatic carbocycles. The van der Waals surface area contributed by atoms with Crippen LogP contribution in [0.1, 0.15) is 39.0 Å². The number of pyridine rings is 1. The molecule has 7 heteroatoms. The molecule has 36 heavy (non-hydrogen) atoms. The van der Waals surface area contributed by atoms with Crippen LogP contribution in [0.15, 0.2) is 82.3 Å². The third-order valence-corrected chi connectivity index (χ3v) is 5.85. The van der Waals surface area contributed by atoms with E-state index in [1.54, 1.807) is 6.20 Å². The van der Waals surface area contributed by atoms with Crippen LogP contribution in [-0.2, 0) is 11.2 Å². The van der Waals surface area contributed by atoms with Crippen molar-refractivity contribution in [2.75, 3.05) is 29.9 Å². The minimum atomic E-state index is -0.0906. The first-order valence-electron chi connectivity index (χ1n) is 12.5. The van der Waals surface area contributed by atoms with Crippen LogP contribution >= 0.6 is 0 Å². The Balaban J connectivity index is 1.73. The highest BCUT2D eigenvalue weighted by Crippen LogP contribution is 2.34. The number of amides is 1. The number of benzene rings is 2. The third kappa shape index (κ3) is 6.42. The van der Waals surface area contributed by atoms with Gasteiger partial charge in [-0.05, 0) is 52.5 Å². The summed E-state index contributed by atoms with van der Waals surface area (Å²) in [7, 11) is 0. The normalized spacial score (nSPS) is 12.8. The number of aromatic nitrogens is 1. The van der Waals surface area contributed by atoms with Gasteiger partial charge in [0, 0.05) is 30.5 Å². The number of rotatable bonds is 10. The van der Waals surface area contributed by atoms with Gasteiger partial charge in [0.2, 0.25) is 5.91 Å². The number of hydrogen-bond acceptors (Lipinski definition) is 6.